The topological polar surface area (TPSA) is 70.2 Å². The number of halogens is 4. The van der Waals surface area contributed by atoms with Crippen molar-refractivity contribution in [2.24, 2.45) is 0 Å². The average molecular weight is 431 g/mol. The fourth-order valence-electron chi connectivity index (χ4n) is 2.82. The van der Waals surface area contributed by atoms with Gasteiger partial charge in [0, 0.05) is 11.4 Å². The predicted molar refractivity (Wildman–Crippen MR) is 110 cm³/mol. The molecule has 160 valence electrons. The summed E-state index contributed by atoms with van der Waals surface area (Å²) >= 11 is 0. The molecule has 0 aromatic heterocycles. The molecule has 0 saturated carbocycles. The molecule has 0 aliphatic rings. The molecular weight excluding hydrogens is 414 g/mol. The Morgan fingerprint density at radius 1 is 0.806 bits per heavy atom. The number of carbonyl (C=O) groups is 2. The van der Waals surface area contributed by atoms with Crippen molar-refractivity contribution in [1.82, 2.24) is 0 Å². The summed E-state index contributed by atoms with van der Waals surface area (Å²) < 4.78 is 54.4. The third-order valence-corrected chi connectivity index (χ3v) is 4.23. The molecule has 0 spiro atoms. The molecule has 0 aliphatic heterocycles. The van der Waals surface area contributed by atoms with Gasteiger partial charge in [-0.3, -0.25) is 4.79 Å². The van der Waals surface area contributed by atoms with Crippen molar-refractivity contribution < 1.29 is 27.2 Å². The van der Waals surface area contributed by atoms with Gasteiger partial charge in [0.2, 0.25) is 0 Å². The van der Waals surface area contributed by atoms with Gasteiger partial charge in [0.05, 0.1) is 16.8 Å². The quantitative estimate of drug-likeness (QED) is 0.440. The Morgan fingerprint density at radius 3 is 2.13 bits per heavy atom. The molecule has 0 bridgehead atoms. The zero-order valence-electron chi connectivity index (χ0n) is 16.2. The van der Waals surface area contributed by atoms with E-state index in [-0.39, 0.29) is 11.4 Å². The Bertz CT molecular complexity index is 1130. The van der Waals surface area contributed by atoms with Gasteiger partial charge in [-0.15, -0.1) is 0 Å². The number of amides is 3. The molecule has 0 radical (unpaired) electrons. The first kappa shape index (κ1) is 21.8. The summed E-state index contributed by atoms with van der Waals surface area (Å²) in [6, 6.07) is 13.9. The monoisotopic (exact) mass is 431 g/mol. The zero-order valence-corrected chi connectivity index (χ0v) is 16.2. The summed E-state index contributed by atoms with van der Waals surface area (Å²) in [6.07, 6.45) is -4.88. The van der Waals surface area contributed by atoms with Gasteiger partial charge >= 0.3 is 12.2 Å². The summed E-state index contributed by atoms with van der Waals surface area (Å²) in [6.45, 7) is 1.82. The smallest absolute Gasteiger partial charge is 0.319 e. The Labute approximate surface area is 175 Å². The number of anilines is 3. The van der Waals surface area contributed by atoms with Gasteiger partial charge in [-0.05, 0) is 55.0 Å². The third kappa shape index (κ3) is 5.59. The van der Waals surface area contributed by atoms with Gasteiger partial charge in [-0.25, -0.2) is 9.18 Å². The minimum Gasteiger partial charge on any atom is -0.319 e. The van der Waals surface area contributed by atoms with E-state index in [9.17, 15) is 27.2 Å². The molecule has 3 aromatic carbocycles. The van der Waals surface area contributed by atoms with Crippen LogP contribution in [0.2, 0.25) is 0 Å². The fraction of sp³-hybridized carbons (Fsp3) is 0.0909. The largest absolute Gasteiger partial charge is 0.417 e. The first-order chi connectivity index (χ1) is 14.6. The van der Waals surface area contributed by atoms with Gasteiger partial charge in [-0.2, -0.15) is 13.2 Å². The van der Waals surface area contributed by atoms with Crippen LogP contribution in [0.4, 0.5) is 39.4 Å². The summed E-state index contributed by atoms with van der Waals surface area (Å²) in [5, 5.41) is 6.94. The maximum atomic E-state index is 13.7. The van der Waals surface area contributed by atoms with Crippen molar-refractivity contribution in [3.8, 4) is 0 Å². The second-order valence-electron chi connectivity index (χ2n) is 6.64. The Kier molecular flexibility index (Phi) is 6.24. The predicted octanol–water partition coefficient (Wildman–Crippen LogP) is 6.05. The van der Waals surface area contributed by atoms with E-state index in [4.69, 9.17) is 0 Å². The summed E-state index contributed by atoms with van der Waals surface area (Å²) in [7, 11) is 0. The number of urea groups is 1. The molecule has 0 heterocycles. The van der Waals surface area contributed by atoms with E-state index in [0.29, 0.717) is 11.8 Å². The average Bonchev–Trinajstić information content (AvgIpc) is 2.69. The number of benzene rings is 3. The van der Waals surface area contributed by atoms with Gasteiger partial charge in [0.25, 0.3) is 5.91 Å². The highest BCUT2D eigenvalue weighted by Gasteiger charge is 2.35. The highest BCUT2D eigenvalue weighted by atomic mass is 19.4. The molecule has 3 rings (SSSR count). The molecule has 0 unspecified atom stereocenters. The van der Waals surface area contributed by atoms with Crippen LogP contribution < -0.4 is 16.0 Å². The number of hydrogen-bond acceptors (Lipinski definition) is 2. The van der Waals surface area contributed by atoms with Crippen LogP contribution >= 0.6 is 0 Å². The second kappa shape index (κ2) is 8.86. The lowest BCUT2D eigenvalue weighted by Crippen LogP contribution is -2.22. The lowest BCUT2D eigenvalue weighted by atomic mass is 10.0. The molecule has 9 heteroatoms. The molecule has 0 saturated heterocycles. The Hall–Kier alpha value is -3.88. The molecule has 0 fully saturated rings. The van der Waals surface area contributed by atoms with Crippen molar-refractivity contribution >= 4 is 29.0 Å². The number of alkyl halides is 3. The number of rotatable bonds is 4. The molecule has 0 atom stereocenters. The van der Waals surface area contributed by atoms with Crippen LogP contribution in [-0.2, 0) is 6.18 Å². The normalized spacial score (nSPS) is 11.0. The summed E-state index contributed by atoms with van der Waals surface area (Å²) in [5.41, 5.74) is -1.04. The van der Waals surface area contributed by atoms with Crippen molar-refractivity contribution in [1.29, 1.82) is 0 Å². The zero-order chi connectivity index (χ0) is 22.6. The van der Waals surface area contributed by atoms with Crippen molar-refractivity contribution in [3.63, 3.8) is 0 Å². The molecular formula is C22H17F4N3O2. The molecule has 0 aliphatic carbocycles. The molecule has 3 amide bonds. The molecule has 5 nitrogen and oxygen atoms in total. The Balaban J connectivity index is 1.82. The first-order valence-corrected chi connectivity index (χ1v) is 9.05. The fourth-order valence-corrected chi connectivity index (χ4v) is 2.82. The lowest BCUT2D eigenvalue weighted by Gasteiger charge is -2.15. The van der Waals surface area contributed by atoms with E-state index >= 15 is 0 Å². The van der Waals surface area contributed by atoms with Crippen LogP contribution in [0.1, 0.15) is 21.5 Å². The van der Waals surface area contributed by atoms with Crippen molar-refractivity contribution in [3.05, 3.63) is 89.2 Å². The van der Waals surface area contributed by atoms with Gasteiger partial charge in [-0.1, -0.05) is 24.3 Å². The van der Waals surface area contributed by atoms with Gasteiger partial charge in [0.1, 0.15) is 5.82 Å². The van der Waals surface area contributed by atoms with Crippen LogP contribution in [0, 0.1) is 12.7 Å². The number of aryl methyl sites for hydroxylation is 1. The van der Waals surface area contributed by atoms with Crippen LogP contribution in [0.25, 0.3) is 0 Å². The highest BCUT2D eigenvalue weighted by Crippen LogP contribution is 2.34. The minimum absolute atomic E-state index is 0.167. The number of hydrogen-bond donors (Lipinski definition) is 3. The van der Waals surface area contributed by atoms with E-state index in [1.807, 2.05) is 13.0 Å². The molecule has 3 aromatic rings. The van der Waals surface area contributed by atoms with Crippen LogP contribution in [0.15, 0.2) is 66.7 Å². The number of carbonyl (C=O) groups excluding carboxylic acids is 2. The van der Waals surface area contributed by atoms with Crippen molar-refractivity contribution in [2.75, 3.05) is 16.0 Å². The highest BCUT2D eigenvalue weighted by molar-refractivity contribution is 6.06. The maximum absolute atomic E-state index is 13.7. The molecule has 3 N–H and O–H groups in total. The van der Waals surface area contributed by atoms with Gasteiger partial charge in [0.15, 0.2) is 0 Å². The van der Waals surface area contributed by atoms with E-state index in [0.717, 1.165) is 23.8 Å². The van der Waals surface area contributed by atoms with E-state index in [2.05, 4.69) is 16.0 Å². The third-order valence-electron chi connectivity index (χ3n) is 4.23. The van der Waals surface area contributed by atoms with E-state index < -0.39 is 35.1 Å². The first-order valence-electron chi connectivity index (χ1n) is 9.05. The number of para-hydroxylation sites is 1. The minimum atomic E-state index is -4.88. The SMILES string of the molecule is Cc1cccc(NC(=O)Nc2ccc(C(=O)Nc3ccccc3F)c(C(F)(F)F)c2)c1. The standard InChI is InChI=1S/C22H17F4N3O2/c1-13-5-4-6-14(11-13)27-21(31)28-15-9-10-16(17(12-15)22(24,25)26)20(30)29-19-8-3-2-7-18(19)23/h2-12H,1H3,(H,29,30)(H2,27,28,31). The van der Waals surface area contributed by atoms with Crippen molar-refractivity contribution in [2.45, 2.75) is 13.1 Å². The van der Waals surface area contributed by atoms with Gasteiger partial charge < -0.3 is 16.0 Å². The van der Waals surface area contributed by atoms with E-state index in [1.54, 1.807) is 18.2 Å². The van der Waals surface area contributed by atoms with Crippen LogP contribution in [0.5, 0.6) is 0 Å². The summed E-state index contributed by atoms with van der Waals surface area (Å²) in [4.78, 5) is 24.5. The second-order valence-corrected chi connectivity index (χ2v) is 6.64. The van der Waals surface area contributed by atoms with Crippen LogP contribution in [0.3, 0.4) is 0 Å². The Morgan fingerprint density at radius 2 is 1.48 bits per heavy atom. The lowest BCUT2D eigenvalue weighted by molar-refractivity contribution is -0.137. The van der Waals surface area contributed by atoms with E-state index in [1.165, 1.54) is 18.2 Å². The molecule has 31 heavy (non-hydrogen) atoms. The summed E-state index contributed by atoms with van der Waals surface area (Å²) in [5.74, 6) is -1.91. The number of nitrogens with one attached hydrogen (secondary N) is 3. The van der Waals surface area contributed by atoms with Crippen LogP contribution in [-0.4, -0.2) is 11.9 Å². The maximum Gasteiger partial charge on any atom is 0.417 e.